The van der Waals surface area contributed by atoms with Crippen LogP contribution in [-0.4, -0.2) is 30.2 Å². The molecular formula is C17H29NO. The Hall–Kier alpha value is -0.860. The van der Waals surface area contributed by atoms with Gasteiger partial charge in [0, 0.05) is 19.7 Å². The van der Waals surface area contributed by atoms with Gasteiger partial charge in [0.05, 0.1) is 0 Å². The zero-order valence-corrected chi connectivity index (χ0v) is 13.3. The smallest absolute Gasteiger partial charge is 0.0473 e. The average molecular weight is 263 g/mol. The monoisotopic (exact) mass is 263 g/mol. The lowest BCUT2D eigenvalue weighted by Crippen LogP contribution is -2.30. The van der Waals surface area contributed by atoms with E-state index in [4.69, 9.17) is 0 Å². The van der Waals surface area contributed by atoms with Gasteiger partial charge >= 0.3 is 0 Å². The Balaban J connectivity index is 2.74. The van der Waals surface area contributed by atoms with Crippen molar-refractivity contribution < 1.29 is 5.11 Å². The SMILES string of the molecule is Cc1cc(C)c(CN(C)CC(CO)C(C)C)c(C)c1. The first-order valence-corrected chi connectivity index (χ1v) is 7.21. The standard InChI is InChI=1S/C17H29NO/c1-12(2)16(11-19)9-18(6)10-17-14(4)7-13(3)8-15(17)5/h7-8,12,16,19H,9-11H2,1-6H3. The molecule has 1 atom stereocenters. The Morgan fingerprint density at radius 1 is 1.11 bits per heavy atom. The molecule has 0 saturated carbocycles. The topological polar surface area (TPSA) is 23.5 Å². The van der Waals surface area contributed by atoms with E-state index in [0.29, 0.717) is 11.8 Å². The highest BCUT2D eigenvalue weighted by Crippen LogP contribution is 2.19. The Labute approximate surface area is 118 Å². The van der Waals surface area contributed by atoms with Gasteiger partial charge < -0.3 is 10.0 Å². The molecule has 0 spiro atoms. The highest BCUT2D eigenvalue weighted by Gasteiger charge is 2.15. The third-order valence-electron chi connectivity index (χ3n) is 3.99. The molecule has 1 rings (SSSR count). The summed E-state index contributed by atoms with van der Waals surface area (Å²) in [5.74, 6) is 0.878. The quantitative estimate of drug-likeness (QED) is 0.851. The summed E-state index contributed by atoms with van der Waals surface area (Å²) in [6, 6.07) is 4.50. The summed E-state index contributed by atoms with van der Waals surface area (Å²) in [5, 5.41) is 9.43. The summed E-state index contributed by atoms with van der Waals surface area (Å²) in [5.41, 5.74) is 5.49. The second-order valence-corrected chi connectivity index (χ2v) is 6.26. The van der Waals surface area contributed by atoms with Gasteiger partial charge in [0.2, 0.25) is 0 Å². The third kappa shape index (κ3) is 4.63. The van der Waals surface area contributed by atoms with E-state index in [-0.39, 0.29) is 6.61 Å². The van der Waals surface area contributed by atoms with Crippen molar-refractivity contribution in [1.82, 2.24) is 4.90 Å². The minimum absolute atomic E-state index is 0.272. The van der Waals surface area contributed by atoms with Crippen molar-refractivity contribution in [3.8, 4) is 0 Å². The molecule has 0 aliphatic carbocycles. The fourth-order valence-corrected chi connectivity index (χ4v) is 2.67. The van der Waals surface area contributed by atoms with E-state index in [0.717, 1.165) is 13.1 Å². The van der Waals surface area contributed by atoms with Crippen molar-refractivity contribution >= 4 is 0 Å². The Bertz CT molecular complexity index is 389. The molecule has 1 unspecified atom stereocenters. The third-order valence-corrected chi connectivity index (χ3v) is 3.99. The number of aliphatic hydroxyl groups excluding tert-OH is 1. The van der Waals surface area contributed by atoms with E-state index < -0.39 is 0 Å². The molecule has 0 aliphatic heterocycles. The van der Waals surface area contributed by atoms with E-state index in [1.54, 1.807) is 0 Å². The second kappa shape index (κ2) is 7.06. The van der Waals surface area contributed by atoms with Gasteiger partial charge in [-0.25, -0.2) is 0 Å². The molecule has 19 heavy (non-hydrogen) atoms. The van der Waals surface area contributed by atoms with Crippen LogP contribution in [0.5, 0.6) is 0 Å². The maximum Gasteiger partial charge on any atom is 0.0473 e. The van der Waals surface area contributed by atoms with Gasteiger partial charge in [0.15, 0.2) is 0 Å². The van der Waals surface area contributed by atoms with Crippen LogP contribution in [0.25, 0.3) is 0 Å². The van der Waals surface area contributed by atoms with Crippen LogP contribution in [0.2, 0.25) is 0 Å². The van der Waals surface area contributed by atoms with Crippen LogP contribution in [0.4, 0.5) is 0 Å². The van der Waals surface area contributed by atoms with E-state index in [1.807, 2.05) is 0 Å². The van der Waals surface area contributed by atoms with Crippen LogP contribution in [0, 0.1) is 32.6 Å². The van der Waals surface area contributed by atoms with Crippen LogP contribution in [0.3, 0.4) is 0 Å². The predicted octanol–water partition coefficient (Wildman–Crippen LogP) is 3.31. The van der Waals surface area contributed by atoms with Gasteiger partial charge in [-0.3, -0.25) is 0 Å². The summed E-state index contributed by atoms with van der Waals surface area (Å²) in [6.45, 7) is 13.1. The van der Waals surface area contributed by atoms with Gasteiger partial charge in [0.1, 0.15) is 0 Å². The molecule has 0 bridgehead atoms. The molecule has 1 N–H and O–H groups in total. The van der Waals surface area contributed by atoms with Gasteiger partial charge in [-0.15, -0.1) is 0 Å². The fraction of sp³-hybridized carbons (Fsp3) is 0.647. The Kier molecular flexibility index (Phi) is 6.02. The molecule has 0 fully saturated rings. The fourth-order valence-electron chi connectivity index (χ4n) is 2.67. The molecule has 0 saturated heterocycles. The van der Waals surface area contributed by atoms with Crippen molar-refractivity contribution in [2.45, 2.75) is 41.2 Å². The molecular weight excluding hydrogens is 234 g/mol. The summed E-state index contributed by atoms with van der Waals surface area (Å²) in [7, 11) is 2.14. The van der Waals surface area contributed by atoms with E-state index in [1.165, 1.54) is 22.3 Å². The lowest BCUT2D eigenvalue weighted by molar-refractivity contribution is 0.143. The average Bonchev–Trinajstić information content (AvgIpc) is 2.30. The van der Waals surface area contributed by atoms with Gasteiger partial charge in [-0.1, -0.05) is 31.5 Å². The maximum absolute atomic E-state index is 9.43. The number of nitrogens with zero attached hydrogens (tertiary/aromatic N) is 1. The van der Waals surface area contributed by atoms with E-state index in [2.05, 4.69) is 58.7 Å². The minimum Gasteiger partial charge on any atom is -0.396 e. The molecule has 2 heteroatoms. The van der Waals surface area contributed by atoms with Crippen molar-refractivity contribution in [3.05, 3.63) is 34.4 Å². The zero-order valence-electron chi connectivity index (χ0n) is 13.3. The van der Waals surface area contributed by atoms with Crippen molar-refractivity contribution in [2.24, 2.45) is 11.8 Å². The molecule has 0 radical (unpaired) electrons. The number of hydrogen-bond donors (Lipinski definition) is 1. The predicted molar refractivity (Wildman–Crippen MR) is 82.4 cm³/mol. The highest BCUT2D eigenvalue weighted by molar-refractivity contribution is 5.37. The molecule has 2 nitrogen and oxygen atoms in total. The maximum atomic E-state index is 9.43. The summed E-state index contributed by atoms with van der Waals surface area (Å²) in [4.78, 5) is 2.32. The number of aryl methyl sites for hydroxylation is 3. The Morgan fingerprint density at radius 3 is 2.05 bits per heavy atom. The van der Waals surface area contributed by atoms with Crippen LogP contribution in [-0.2, 0) is 6.54 Å². The highest BCUT2D eigenvalue weighted by atomic mass is 16.3. The first-order chi connectivity index (χ1) is 8.85. The molecule has 0 aromatic heterocycles. The molecule has 0 aliphatic rings. The Morgan fingerprint density at radius 2 is 1.63 bits per heavy atom. The minimum atomic E-state index is 0.272. The van der Waals surface area contributed by atoms with Gasteiger partial charge in [-0.2, -0.15) is 0 Å². The summed E-state index contributed by atoms with van der Waals surface area (Å²) >= 11 is 0. The van der Waals surface area contributed by atoms with Crippen LogP contribution < -0.4 is 0 Å². The van der Waals surface area contributed by atoms with Crippen LogP contribution in [0.15, 0.2) is 12.1 Å². The molecule has 108 valence electrons. The van der Waals surface area contributed by atoms with Crippen molar-refractivity contribution in [3.63, 3.8) is 0 Å². The lowest BCUT2D eigenvalue weighted by atomic mass is 9.95. The lowest BCUT2D eigenvalue weighted by Gasteiger charge is -2.26. The molecule has 1 aromatic rings. The normalized spacial score (nSPS) is 13.3. The first kappa shape index (κ1) is 16.2. The number of hydrogen-bond acceptors (Lipinski definition) is 2. The molecule has 0 heterocycles. The summed E-state index contributed by atoms with van der Waals surface area (Å²) in [6.07, 6.45) is 0. The van der Waals surface area contributed by atoms with Crippen LogP contribution >= 0.6 is 0 Å². The van der Waals surface area contributed by atoms with Gasteiger partial charge in [-0.05, 0) is 56.3 Å². The first-order valence-electron chi connectivity index (χ1n) is 7.21. The summed E-state index contributed by atoms with van der Waals surface area (Å²) < 4.78 is 0. The van der Waals surface area contributed by atoms with Gasteiger partial charge in [0.25, 0.3) is 0 Å². The largest absolute Gasteiger partial charge is 0.396 e. The molecule has 0 amide bonds. The number of rotatable bonds is 6. The van der Waals surface area contributed by atoms with Crippen LogP contribution in [0.1, 0.15) is 36.1 Å². The second-order valence-electron chi connectivity index (χ2n) is 6.26. The zero-order chi connectivity index (χ0) is 14.6. The number of aliphatic hydroxyl groups is 1. The van der Waals surface area contributed by atoms with Crippen molar-refractivity contribution in [2.75, 3.05) is 20.2 Å². The van der Waals surface area contributed by atoms with E-state index in [9.17, 15) is 5.11 Å². The number of benzene rings is 1. The van der Waals surface area contributed by atoms with E-state index >= 15 is 0 Å². The molecule has 1 aromatic carbocycles. The van der Waals surface area contributed by atoms with Crippen molar-refractivity contribution in [1.29, 1.82) is 0 Å².